The van der Waals surface area contributed by atoms with Gasteiger partial charge in [0.05, 0.1) is 0 Å². The second kappa shape index (κ2) is 5.48. The number of nitrogens with zero attached hydrogens (tertiary/aromatic N) is 1. The number of para-hydroxylation sites is 1. The monoisotopic (exact) mass is 290 g/mol. The van der Waals surface area contributed by atoms with Gasteiger partial charge in [-0.25, -0.2) is 0 Å². The van der Waals surface area contributed by atoms with Crippen LogP contribution in [0.25, 0.3) is 0 Å². The molecule has 2 unspecified atom stereocenters. The first kappa shape index (κ1) is 15.5. The van der Waals surface area contributed by atoms with E-state index in [4.69, 9.17) is 5.73 Å². The molecule has 1 amide bonds. The summed E-state index contributed by atoms with van der Waals surface area (Å²) >= 11 is 0. The van der Waals surface area contributed by atoms with E-state index < -0.39 is 11.9 Å². The van der Waals surface area contributed by atoms with Crippen LogP contribution in [-0.4, -0.2) is 29.6 Å². The molecule has 0 spiro atoms. The molecule has 2 atom stereocenters. The maximum absolute atomic E-state index is 12.5. The lowest BCUT2D eigenvalue weighted by Gasteiger charge is -2.28. The molecule has 114 valence electrons. The number of carbonyl (C=O) groups is 2. The number of fused-ring (bicyclic) bond motifs is 1. The Morgan fingerprint density at radius 3 is 2.57 bits per heavy atom. The molecule has 5 heteroatoms. The van der Waals surface area contributed by atoms with E-state index in [2.05, 4.69) is 0 Å². The molecule has 1 aliphatic heterocycles. The van der Waals surface area contributed by atoms with Crippen LogP contribution in [0.2, 0.25) is 0 Å². The SMILES string of the molecule is CC(C)(C)C(N)CC(=O)N1CC(C(=O)O)c2ccccc21. The highest BCUT2D eigenvalue weighted by atomic mass is 16.4. The molecule has 1 aromatic rings. The molecule has 0 bridgehead atoms. The van der Waals surface area contributed by atoms with Gasteiger partial charge in [0.1, 0.15) is 5.92 Å². The van der Waals surface area contributed by atoms with Crippen LogP contribution in [0.5, 0.6) is 0 Å². The number of carboxylic acid groups (broad SMARTS) is 1. The van der Waals surface area contributed by atoms with E-state index in [0.29, 0.717) is 11.3 Å². The van der Waals surface area contributed by atoms with Gasteiger partial charge >= 0.3 is 5.97 Å². The molecule has 0 aliphatic carbocycles. The van der Waals surface area contributed by atoms with Gasteiger partial charge in [0.25, 0.3) is 0 Å². The van der Waals surface area contributed by atoms with Crippen molar-refractivity contribution in [1.29, 1.82) is 0 Å². The maximum Gasteiger partial charge on any atom is 0.312 e. The van der Waals surface area contributed by atoms with Crippen LogP contribution in [0.3, 0.4) is 0 Å². The fourth-order valence-corrected chi connectivity index (χ4v) is 2.46. The number of aliphatic carboxylic acids is 1. The fourth-order valence-electron chi connectivity index (χ4n) is 2.46. The van der Waals surface area contributed by atoms with Crippen molar-refractivity contribution in [3.8, 4) is 0 Å². The normalized spacial score (nSPS) is 19.2. The van der Waals surface area contributed by atoms with Crippen LogP contribution < -0.4 is 10.6 Å². The summed E-state index contributed by atoms with van der Waals surface area (Å²) in [6, 6.07) is 6.90. The van der Waals surface area contributed by atoms with E-state index in [1.54, 1.807) is 23.1 Å². The van der Waals surface area contributed by atoms with E-state index in [1.807, 2.05) is 26.8 Å². The molecular formula is C16H22N2O3. The van der Waals surface area contributed by atoms with Crippen molar-refractivity contribution in [1.82, 2.24) is 0 Å². The van der Waals surface area contributed by atoms with Gasteiger partial charge in [0.15, 0.2) is 0 Å². The Hall–Kier alpha value is -1.88. The summed E-state index contributed by atoms with van der Waals surface area (Å²) in [5, 5.41) is 9.31. The number of hydrogen-bond acceptors (Lipinski definition) is 3. The van der Waals surface area contributed by atoms with Gasteiger partial charge in [0, 0.05) is 24.7 Å². The number of amides is 1. The van der Waals surface area contributed by atoms with E-state index in [0.717, 1.165) is 0 Å². The Morgan fingerprint density at radius 2 is 2.00 bits per heavy atom. The Morgan fingerprint density at radius 1 is 1.38 bits per heavy atom. The number of carboxylic acids is 1. The zero-order chi connectivity index (χ0) is 15.8. The van der Waals surface area contributed by atoms with Crippen molar-refractivity contribution >= 4 is 17.6 Å². The van der Waals surface area contributed by atoms with Crippen molar-refractivity contribution in [3.63, 3.8) is 0 Å². The Balaban J connectivity index is 2.22. The third kappa shape index (κ3) is 3.08. The van der Waals surface area contributed by atoms with Crippen LogP contribution in [0.1, 0.15) is 38.7 Å². The van der Waals surface area contributed by atoms with Crippen LogP contribution in [-0.2, 0) is 9.59 Å². The number of rotatable bonds is 3. The lowest BCUT2D eigenvalue weighted by molar-refractivity contribution is -0.138. The van der Waals surface area contributed by atoms with Gasteiger partial charge in [-0.15, -0.1) is 0 Å². The summed E-state index contributed by atoms with van der Waals surface area (Å²) < 4.78 is 0. The number of anilines is 1. The molecule has 3 N–H and O–H groups in total. The predicted octanol–water partition coefficient (Wildman–Crippen LogP) is 1.96. The van der Waals surface area contributed by atoms with Crippen LogP contribution >= 0.6 is 0 Å². The molecule has 21 heavy (non-hydrogen) atoms. The summed E-state index contributed by atoms with van der Waals surface area (Å²) in [6.07, 6.45) is 0.212. The lowest BCUT2D eigenvalue weighted by Crippen LogP contribution is -2.41. The van der Waals surface area contributed by atoms with E-state index in [9.17, 15) is 14.7 Å². The zero-order valence-electron chi connectivity index (χ0n) is 12.7. The molecule has 0 fully saturated rings. The second-order valence-corrected chi connectivity index (χ2v) is 6.63. The number of nitrogens with two attached hydrogens (primary N) is 1. The summed E-state index contributed by atoms with van der Waals surface area (Å²) in [4.78, 5) is 25.4. The highest BCUT2D eigenvalue weighted by Gasteiger charge is 2.37. The average molecular weight is 290 g/mol. The smallest absolute Gasteiger partial charge is 0.312 e. The van der Waals surface area contributed by atoms with Crippen molar-refractivity contribution in [2.45, 2.75) is 39.2 Å². The minimum atomic E-state index is -0.905. The van der Waals surface area contributed by atoms with E-state index in [1.165, 1.54) is 0 Å². The molecule has 0 saturated carbocycles. The van der Waals surface area contributed by atoms with Crippen molar-refractivity contribution < 1.29 is 14.7 Å². The van der Waals surface area contributed by atoms with Gasteiger partial charge in [0.2, 0.25) is 5.91 Å². The average Bonchev–Trinajstić information content (AvgIpc) is 2.77. The number of hydrogen-bond donors (Lipinski definition) is 2. The Bertz CT molecular complexity index is 563. The maximum atomic E-state index is 12.5. The molecule has 0 radical (unpaired) electrons. The van der Waals surface area contributed by atoms with Gasteiger partial charge in [-0.1, -0.05) is 39.0 Å². The third-order valence-electron chi connectivity index (χ3n) is 4.07. The van der Waals surface area contributed by atoms with Crippen LogP contribution in [0, 0.1) is 5.41 Å². The highest BCUT2D eigenvalue weighted by molar-refractivity contribution is 5.99. The molecular weight excluding hydrogens is 268 g/mol. The first-order chi connectivity index (χ1) is 9.71. The number of carbonyl (C=O) groups excluding carboxylic acids is 1. The zero-order valence-corrected chi connectivity index (χ0v) is 12.7. The molecule has 0 aromatic heterocycles. The largest absolute Gasteiger partial charge is 0.481 e. The van der Waals surface area contributed by atoms with Crippen molar-refractivity contribution in [3.05, 3.63) is 29.8 Å². The molecule has 5 nitrogen and oxygen atoms in total. The topological polar surface area (TPSA) is 83.6 Å². The second-order valence-electron chi connectivity index (χ2n) is 6.63. The van der Waals surface area contributed by atoms with Gasteiger partial charge in [-0.3, -0.25) is 9.59 Å². The Kier molecular flexibility index (Phi) is 4.05. The van der Waals surface area contributed by atoms with Gasteiger partial charge in [-0.2, -0.15) is 0 Å². The summed E-state index contributed by atoms with van der Waals surface area (Å²) in [5.41, 5.74) is 7.29. The minimum Gasteiger partial charge on any atom is -0.481 e. The van der Waals surface area contributed by atoms with Gasteiger partial charge < -0.3 is 15.7 Å². The molecule has 0 saturated heterocycles. The predicted molar refractivity (Wildman–Crippen MR) is 81.2 cm³/mol. The number of benzene rings is 1. The first-order valence-corrected chi connectivity index (χ1v) is 7.09. The lowest BCUT2D eigenvalue weighted by atomic mass is 9.85. The summed E-state index contributed by atoms with van der Waals surface area (Å²) in [6.45, 7) is 6.15. The van der Waals surface area contributed by atoms with Gasteiger partial charge in [-0.05, 0) is 17.0 Å². The summed E-state index contributed by atoms with van der Waals surface area (Å²) in [7, 11) is 0. The molecule has 2 rings (SSSR count). The van der Waals surface area contributed by atoms with E-state index >= 15 is 0 Å². The third-order valence-corrected chi connectivity index (χ3v) is 4.07. The van der Waals surface area contributed by atoms with E-state index in [-0.39, 0.29) is 30.3 Å². The fraction of sp³-hybridized carbons (Fsp3) is 0.500. The molecule has 1 aliphatic rings. The minimum absolute atomic E-state index is 0.117. The van der Waals surface area contributed by atoms with Crippen LogP contribution in [0.4, 0.5) is 5.69 Å². The summed E-state index contributed by atoms with van der Waals surface area (Å²) in [5.74, 6) is -1.68. The van der Waals surface area contributed by atoms with Crippen LogP contribution in [0.15, 0.2) is 24.3 Å². The first-order valence-electron chi connectivity index (χ1n) is 7.09. The quantitative estimate of drug-likeness (QED) is 0.891. The van der Waals surface area contributed by atoms with Crippen molar-refractivity contribution in [2.24, 2.45) is 11.1 Å². The molecule has 1 heterocycles. The molecule has 1 aromatic carbocycles. The Labute approximate surface area is 124 Å². The standard InChI is InChI=1S/C16H22N2O3/c1-16(2,3)13(17)8-14(19)18-9-11(15(20)21)10-6-4-5-7-12(10)18/h4-7,11,13H,8-9,17H2,1-3H3,(H,20,21). The highest BCUT2D eigenvalue weighted by Crippen LogP contribution is 2.37. The van der Waals surface area contributed by atoms with Crippen molar-refractivity contribution in [2.75, 3.05) is 11.4 Å².